The Balaban J connectivity index is 2.04. The molecule has 9 heteroatoms. The van der Waals surface area contributed by atoms with Crippen LogP contribution in [-0.4, -0.2) is 43.2 Å². The van der Waals surface area contributed by atoms with E-state index in [4.69, 9.17) is 16.7 Å². The molecule has 2 heterocycles. The van der Waals surface area contributed by atoms with E-state index < -0.39 is 18.4 Å². The first-order valence-electron chi connectivity index (χ1n) is 8.63. The number of carboxylic acid groups (broad SMARTS) is 1. The molecule has 1 amide bonds. The first-order chi connectivity index (χ1) is 13.9. The van der Waals surface area contributed by atoms with Gasteiger partial charge in [0.05, 0.1) is 0 Å². The standard InChI is InChI=1S/C20H15ClN4O4/c1-10-23-19-16-13(11-5-7-12(21)8-6-11)3-2-4-14(16)18(28)17(25(19)24-10)20(29)22-9-15(26)27/h2-8,28H,9H2,1H3,(H,22,29)(H,26,27). The number of halogens is 1. The van der Waals surface area contributed by atoms with Crippen LogP contribution in [-0.2, 0) is 4.79 Å². The summed E-state index contributed by atoms with van der Waals surface area (Å²) in [6, 6.07) is 12.5. The molecule has 0 aliphatic heterocycles. The van der Waals surface area contributed by atoms with Gasteiger partial charge in [0, 0.05) is 15.8 Å². The summed E-state index contributed by atoms with van der Waals surface area (Å²) < 4.78 is 1.24. The third kappa shape index (κ3) is 3.23. The molecule has 0 atom stereocenters. The SMILES string of the molecule is Cc1nc2c3c(-c4ccc(Cl)cc4)cccc3c(O)c(C(=O)NCC(=O)O)n2n1. The van der Waals surface area contributed by atoms with Crippen molar-refractivity contribution in [2.75, 3.05) is 6.54 Å². The van der Waals surface area contributed by atoms with Gasteiger partial charge in [-0.05, 0) is 30.2 Å². The zero-order valence-electron chi connectivity index (χ0n) is 15.2. The summed E-state index contributed by atoms with van der Waals surface area (Å²) in [4.78, 5) is 27.8. The Morgan fingerprint density at radius 2 is 1.90 bits per heavy atom. The zero-order chi connectivity index (χ0) is 20.7. The fourth-order valence-corrected chi connectivity index (χ4v) is 3.39. The fourth-order valence-electron chi connectivity index (χ4n) is 3.26. The number of nitrogens with one attached hydrogen (secondary N) is 1. The lowest BCUT2D eigenvalue weighted by molar-refractivity contribution is -0.135. The number of carbonyl (C=O) groups is 2. The number of aryl methyl sites for hydroxylation is 1. The lowest BCUT2D eigenvalue weighted by atomic mass is 9.98. The summed E-state index contributed by atoms with van der Waals surface area (Å²) >= 11 is 6.00. The van der Waals surface area contributed by atoms with Crippen LogP contribution < -0.4 is 5.32 Å². The number of carbonyl (C=O) groups excluding carboxylic acids is 1. The number of pyridine rings is 1. The molecule has 0 spiro atoms. The van der Waals surface area contributed by atoms with Gasteiger partial charge >= 0.3 is 5.97 Å². The highest BCUT2D eigenvalue weighted by Gasteiger charge is 2.24. The molecule has 0 radical (unpaired) electrons. The van der Waals surface area contributed by atoms with Crippen molar-refractivity contribution in [3.8, 4) is 16.9 Å². The molecule has 8 nitrogen and oxygen atoms in total. The van der Waals surface area contributed by atoms with Crippen molar-refractivity contribution in [1.82, 2.24) is 19.9 Å². The van der Waals surface area contributed by atoms with Gasteiger partial charge in [0.15, 0.2) is 17.1 Å². The third-order valence-electron chi connectivity index (χ3n) is 4.46. The van der Waals surface area contributed by atoms with Gasteiger partial charge in [-0.25, -0.2) is 9.50 Å². The second-order valence-electron chi connectivity index (χ2n) is 6.40. The van der Waals surface area contributed by atoms with Crippen LogP contribution in [0.2, 0.25) is 5.02 Å². The first-order valence-corrected chi connectivity index (χ1v) is 9.01. The van der Waals surface area contributed by atoms with E-state index in [2.05, 4.69) is 15.4 Å². The van der Waals surface area contributed by atoms with Crippen LogP contribution in [0.3, 0.4) is 0 Å². The van der Waals surface area contributed by atoms with Gasteiger partial charge < -0.3 is 15.5 Å². The summed E-state index contributed by atoms with van der Waals surface area (Å²) in [5.41, 5.74) is 1.83. The number of hydrogen-bond donors (Lipinski definition) is 3. The number of hydrogen-bond acceptors (Lipinski definition) is 5. The number of aromatic nitrogens is 3. The van der Waals surface area contributed by atoms with Crippen LogP contribution in [0.25, 0.3) is 27.5 Å². The van der Waals surface area contributed by atoms with Crippen molar-refractivity contribution in [1.29, 1.82) is 0 Å². The van der Waals surface area contributed by atoms with Crippen LogP contribution in [0, 0.1) is 6.92 Å². The van der Waals surface area contributed by atoms with Crippen molar-refractivity contribution in [2.45, 2.75) is 6.92 Å². The minimum absolute atomic E-state index is 0.178. The lowest BCUT2D eigenvalue weighted by Gasteiger charge is -2.13. The Morgan fingerprint density at radius 1 is 1.17 bits per heavy atom. The quantitative estimate of drug-likeness (QED) is 0.476. The van der Waals surface area contributed by atoms with Crippen LogP contribution in [0.15, 0.2) is 42.5 Å². The van der Waals surface area contributed by atoms with E-state index in [0.29, 0.717) is 27.3 Å². The van der Waals surface area contributed by atoms with E-state index in [1.54, 1.807) is 31.2 Å². The maximum Gasteiger partial charge on any atom is 0.322 e. The smallest absolute Gasteiger partial charge is 0.322 e. The molecule has 4 aromatic rings. The van der Waals surface area contributed by atoms with Crippen molar-refractivity contribution in [3.63, 3.8) is 0 Å². The van der Waals surface area contributed by atoms with Gasteiger partial charge in [-0.3, -0.25) is 9.59 Å². The van der Waals surface area contributed by atoms with Gasteiger partial charge in [0.25, 0.3) is 5.91 Å². The molecule has 0 fully saturated rings. The number of benzene rings is 2. The maximum atomic E-state index is 12.6. The van der Waals surface area contributed by atoms with Crippen LogP contribution in [0.1, 0.15) is 16.3 Å². The normalized spacial score (nSPS) is 11.1. The Kier molecular flexibility index (Phi) is 4.56. The number of aromatic hydroxyl groups is 1. The van der Waals surface area contributed by atoms with Crippen molar-refractivity contribution in [2.24, 2.45) is 0 Å². The molecule has 0 saturated carbocycles. The molecule has 2 aromatic carbocycles. The summed E-state index contributed by atoms with van der Waals surface area (Å²) in [6.07, 6.45) is 0. The van der Waals surface area contributed by atoms with E-state index in [9.17, 15) is 14.7 Å². The summed E-state index contributed by atoms with van der Waals surface area (Å²) in [5.74, 6) is -1.88. The summed E-state index contributed by atoms with van der Waals surface area (Å²) in [7, 11) is 0. The molecule has 4 rings (SSSR count). The second kappa shape index (κ2) is 7.06. The Hall–Kier alpha value is -3.65. The summed E-state index contributed by atoms with van der Waals surface area (Å²) in [6.45, 7) is 1.08. The number of amides is 1. The molecule has 0 bridgehead atoms. The number of aliphatic carboxylic acids is 1. The minimum atomic E-state index is -1.20. The van der Waals surface area contributed by atoms with E-state index >= 15 is 0 Å². The molecular weight excluding hydrogens is 396 g/mol. The highest BCUT2D eigenvalue weighted by Crippen LogP contribution is 2.38. The Labute approximate surface area is 169 Å². The average molecular weight is 411 g/mol. The summed E-state index contributed by atoms with van der Waals surface area (Å²) in [5, 5.41) is 27.8. The topological polar surface area (TPSA) is 117 Å². The van der Waals surface area contributed by atoms with Crippen LogP contribution in [0.5, 0.6) is 5.75 Å². The van der Waals surface area contributed by atoms with E-state index in [-0.39, 0.29) is 11.4 Å². The molecule has 3 N–H and O–H groups in total. The van der Waals surface area contributed by atoms with Gasteiger partial charge in [-0.2, -0.15) is 5.10 Å². The predicted octanol–water partition coefficient (Wildman–Crippen LogP) is 3.03. The van der Waals surface area contributed by atoms with E-state index in [1.807, 2.05) is 18.2 Å². The molecule has 2 aromatic heterocycles. The van der Waals surface area contributed by atoms with E-state index in [1.165, 1.54) is 4.52 Å². The Bertz CT molecular complexity index is 1280. The highest BCUT2D eigenvalue weighted by atomic mass is 35.5. The number of fused-ring (bicyclic) bond motifs is 3. The third-order valence-corrected chi connectivity index (χ3v) is 4.71. The molecule has 0 aliphatic carbocycles. The molecule has 146 valence electrons. The maximum absolute atomic E-state index is 12.6. The molecule has 0 saturated heterocycles. The van der Waals surface area contributed by atoms with Gasteiger partial charge in [-0.15, -0.1) is 0 Å². The number of rotatable bonds is 4. The highest BCUT2D eigenvalue weighted by molar-refractivity contribution is 6.30. The fraction of sp³-hybridized carbons (Fsp3) is 0.100. The molecule has 29 heavy (non-hydrogen) atoms. The monoisotopic (exact) mass is 410 g/mol. The largest absolute Gasteiger partial charge is 0.505 e. The van der Waals surface area contributed by atoms with Crippen molar-refractivity contribution in [3.05, 3.63) is 59.0 Å². The second-order valence-corrected chi connectivity index (χ2v) is 6.84. The van der Waals surface area contributed by atoms with Crippen molar-refractivity contribution >= 4 is 39.9 Å². The van der Waals surface area contributed by atoms with Crippen molar-refractivity contribution < 1.29 is 19.8 Å². The van der Waals surface area contributed by atoms with Crippen LogP contribution in [0.4, 0.5) is 0 Å². The molecule has 0 unspecified atom stereocenters. The average Bonchev–Trinajstić information content (AvgIpc) is 3.07. The zero-order valence-corrected chi connectivity index (χ0v) is 15.9. The molecular formula is C20H15ClN4O4. The van der Waals surface area contributed by atoms with Crippen LogP contribution >= 0.6 is 11.6 Å². The number of carboxylic acids is 1. The van der Waals surface area contributed by atoms with Gasteiger partial charge in [0.1, 0.15) is 12.4 Å². The minimum Gasteiger partial charge on any atom is -0.505 e. The predicted molar refractivity (Wildman–Crippen MR) is 107 cm³/mol. The lowest BCUT2D eigenvalue weighted by Crippen LogP contribution is -2.31. The first kappa shape index (κ1) is 18.7. The van der Waals surface area contributed by atoms with E-state index in [0.717, 1.165) is 11.1 Å². The van der Waals surface area contributed by atoms with Gasteiger partial charge in [-0.1, -0.05) is 41.9 Å². The number of nitrogens with zero attached hydrogens (tertiary/aromatic N) is 3. The Morgan fingerprint density at radius 3 is 2.59 bits per heavy atom. The van der Waals surface area contributed by atoms with Gasteiger partial charge in [0.2, 0.25) is 0 Å². The molecule has 0 aliphatic rings.